The topological polar surface area (TPSA) is 38.7 Å². The van der Waals surface area contributed by atoms with Gasteiger partial charge in [0.1, 0.15) is 5.60 Å². The van der Waals surface area contributed by atoms with Crippen molar-refractivity contribution in [3.8, 4) is 0 Å². The molecule has 0 saturated heterocycles. The van der Waals surface area contributed by atoms with Crippen LogP contribution < -0.4 is 0 Å². The van der Waals surface area contributed by atoms with Crippen LogP contribution in [0.3, 0.4) is 0 Å². The van der Waals surface area contributed by atoms with Crippen LogP contribution in [0.5, 0.6) is 0 Å². The van der Waals surface area contributed by atoms with E-state index in [1.807, 2.05) is 13.8 Å². The minimum atomic E-state index is -0.411. The van der Waals surface area contributed by atoms with Gasteiger partial charge in [0.05, 0.1) is 12.7 Å². The third-order valence-electron chi connectivity index (χ3n) is 3.90. The van der Waals surface area contributed by atoms with Gasteiger partial charge in [0.2, 0.25) is 0 Å². The fraction of sp³-hybridized carbons (Fsp3) is 1.00. The quantitative estimate of drug-likeness (QED) is 0.222. The van der Waals surface area contributed by atoms with Crippen molar-refractivity contribution in [3.63, 3.8) is 0 Å². The summed E-state index contributed by atoms with van der Waals surface area (Å²) in [5.41, 5.74) is -0.411. The van der Waals surface area contributed by atoms with Gasteiger partial charge in [-0.25, -0.2) is 9.78 Å². The average Bonchev–Trinajstić information content (AvgIpc) is 2.42. The molecule has 0 amide bonds. The lowest BCUT2D eigenvalue weighted by molar-refractivity contribution is -0.357. The van der Waals surface area contributed by atoms with Crippen molar-refractivity contribution < 1.29 is 14.9 Å². The fourth-order valence-electron chi connectivity index (χ4n) is 2.77. The second-order valence-corrected chi connectivity index (χ2v) is 7.25. The summed E-state index contributed by atoms with van der Waals surface area (Å²) in [6.45, 7) is 8.58. The van der Waals surface area contributed by atoms with Gasteiger partial charge in [0, 0.05) is 6.42 Å². The van der Waals surface area contributed by atoms with Crippen molar-refractivity contribution in [2.75, 3.05) is 6.61 Å². The monoisotopic (exact) mass is 316 g/mol. The number of aliphatic hydroxyl groups excluding tert-OH is 1. The summed E-state index contributed by atoms with van der Waals surface area (Å²) < 4.78 is 0. The first-order valence-electron chi connectivity index (χ1n) is 9.46. The second kappa shape index (κ2) is 14.5. The first-order valence-corrected chi connectivity index (χ1v) is 9.46. The van der Waals surface area contributed by atoms with Crippen LogP contribution in [0.25, 0.3) is 0 Å². The van der Waals surface area contributed by atoms with Crippen molar-refractivity contribution in [2.45, 2.75) is 116 Å². The van der Waals surface area contributed by atoms with Crippen LogP contribution in [-0.4, -0.2) is 23.4 Å². The zero-order valence-electron chi connectivity index (χ0n) is 15.5. The van der Waals surface area contributed by atoms with Gasteiger partial charge in [-0.1, -0.05) is 71.1 Å². The highest BCUT2D eigenvalue weighted by atomic mass is 17.2. The van der Waals surface area contributed by atoms with Crippen LogP contribution in [0.2, 0.25) is 0 Å². The molecule has 0 aromatic carbocycles. The Balaban J connectivity index is 3.20. The van der Waals surface area contributed by atoms with Crippen molar-refractivity contribution in [3.05, 3.63) is 0 Å². The highest BCUT2D eigenvalue weighted by Crippen LogP contribution is 2.17. The maximum atomic E-state index is 9.36. The summed E-state index contributed by atoms with van der Waals surface area (Å²) in [6, 6.07) is 0. The SMILES string of the molecule is CCCCCCCCCCCCCOOC(C)(C)CC(C)O. The Morgan fingerprint density at radius 3 is 1.73 bits per heavy atom. The Hall–Kier alpha value is -0.120. The highest BCUT2D eigenvalue weighted by Gasteiger charge is 2.22. The lowest BCUT2D eigenvalue weighted by atomic mass is 10.0. The molecule has 0 bridgehead atoms. The molecule has 0 fully saturated rings. The zero-order chi connectivity index (χ0) is 16.7. The fourth-order valence-corrected chi connectivity index (χ4v) is 2.77. The summed E-state index contributed by atoms with van der Waals surface area (Å²) in [5, 5.41) is 9.36. The van der Waals surface area contributed by atoms with Crippen molar-refractivity contribution in [1.82, 2.24) is 0 Å². The number of hydrogen-bond donors (Lipinski definition) is 1. The third-order valence-corrected chi connectivity index (χ3v) is 3.90. The second-order valence-electron chi connectivity index (χ2n) is 7.25. The molecule has 0 aliphatic heterocycles. The van der Waals surface area contributed by atoms with E-state index in [1.54, 1.807) is 6.92 Å². The Kier molecular flexibility index (Phi) is 14.4. The Bertz CT molecular complexity index is 227. The lowest BCUT2D eigenvalue weighted by Crippen LogP contribution is -2.29. The molecule has 0 aliphatic rings. The average molecular weight is 317 g/mol. The molecule has 0 aliphatic carbocycles. The van der Waals surface area contributed by atoms with E-state index in [9.17, 15) is 5.11 Å². The normalized spacial score (nSPS) is 13.5. The van der Waals surface area contributed by atoms with Gasteiger partial charge in [-0.2, -0.15) is 0 Å². The van der Waals surface area contributed by atoms with Gasteiger partial charge in [-0.05, 0) is 27.2 Å². The van der Waals surface area contributed by atoms with Crippen LogP contribution in [-0.2, 0) is 9.78 Å². The molecule has 1 unspecified atom stereocenters. The zero-order valence-corrected chi connectivity index (χ0v) is 15.5. The van der Waals surface area contributed by atoms with Gasteiger partial charge < -0.3 is 5.11 Å². The summed E-state index contributed by atoms with van der Waals surface area (Å²) in [5.74, 6) is 0. The summed E-state index contributed by atoms with van der Waals surface area (Å²) in [7, 11) is 0. The Labute approximate surface area is 138 Å². The van der Waals surface area contributed by atoms with E-state index in [1.165, 1.54) is 64.2 Å². The van der Waals surface area contributed by atoms with Crippen molar-refractivity contribution >= 4 is 0 Å². The molecule has 1 atom stereocenters. The predicted octanol–water partition coefficient (Wildman–Crippen LogP) is 5.80. The van der Waals surface area contributed by atoms with Gasteiger partial charge in [0.25, 0.3) is 0 Å². The molecular weight excluding hydrogens is 276 g/mol. The molecule has 3 heteroatoms. The molecule has 134 valence electrons. The Morgan fingerprint density at radius 1 is 0.818 bits per heavy atom. The maximum Gasteiger partial charge on any atom is 0.100 e. The molecule has 1 N–H and O–H groups in total. The smallest absolute Gasteiger partial charge is 0.100 e. The summed E-state index contributed by atoms with van der Waals surface area (Å²) in [4.78, 5) is 10.6. The third kappa shape index (κ3) is 16.3. The number of aliphatic hydroxyl groups is 1. The Morgan fingerprint density at radius 2 is 1.27 bits per heavy atom. The number of rotatable bonds is 16. The lowest BCUT2D eigenvalue weighted by Gasteiger charge is -2.24. The van der Waals surface area contributed by atoms with E-state index >= 15 is 0 Å². The number of hydrogen-bond acceptors (Lipinski definition) is 3. The molecule has 3 nitrogen and oxygen atoms in total. The van der Waals surface area contributed by atoms with Gasteiger partial charge in [-0.3, -0.25) is 0 Å². The van der Waals surface area contributed by atoms with Crippen LogP contribution >= 0.6 is 0 Å². The minimum Gasteiger partial charge on any atom is -0.393 e. The van der Waals surface area contributed by atoms with E-state index < -0.39 is 5.60 Å². The van der Waals surface area contributed by atoms with Gasteiger partial charge >= 0.3 is 0 Å². The largest absolute Gasteiger partial charge is 0.393 e. The summed E-state index contributed by atoms with van der Waals surface area (Å²) in [6.07, 6.45) is 14.9. The molecule has 0 radical (unpaired) electrons. The van der Waals surface area contributed by atoms with E-state index in [0.29, 0.717) is 13.0 Å². The first-order chi connectivity index (χ1) is 10.5. The summed E-state index contributed by atoms with van der Waals surface area (Å²) >= 11 is 0. The maximum absolute atomic E-state index is 9.36. The molecular formula is C19H40O3. The standard InChI is InChI=1S/C19H40O3/c1-5-6-7-8-9-10-11-12-13-14-15-16-21-22-19(3,4)17-18(2)20/h18,20H,5-17H2,1-4H3. The molecule has 0 rings (SSSR count). The number of unbranched alkanes of at least 4 members (excludes halogenated alkanes) is 10. The van der Waals surface area contributed by atoms with Crippen molar-refractivity contribution in [1.29, 1.82) is 0 Å². The predicted molar refractivity (Wildman–Crippen MR) is 93.9 cm³/mol. The molecule has 22 heavy (non-hydrogen) atoms. The van der Waals surface area contributed by atoms with Crippen LogP contribution in [0.15, 0.2) is 0 Å². The molecule has 0 aromatic rings. The van der Waals surface area contributed by atoms with Crippen LogP contribution in [0.4, 0.5) is 0 Å². The van der Waals surface area contributed by atoms with Gasteiger partial charge in [0.15, 0.2) is 0 Å². The van der Waals surface area contributed by atoms with Crippen LogP contribution in [0, 0.1) is 0 Å². The van der Waals surface area contributed by atoms with Crippen molar-refractivity contribution in [2.24, 2.45) is 0 Å². The van der Waals surface area contributed by atoms with E-state index in [-0.39, 0.29) is 6.10 Å². The molecule has 0 aromatic heterocycles. The van der Waals surface area contributed by atoms with E-state index in [4.69, 9.17) is 9.78 Å². The highest BCUT2D eigenvalue weighted by molar-refractivity contribution is 4.69. The van der Waals surface area contributed by atoms with E-state index in [2.05, 4.69) is 6.92 Å². The van der Waals surface area contributed by atoms with Gasteiger partial charge in [-0.15, -0.1) is 0 Å². The molecule has 0 spiro atoms. The molecule has 0 heterocycles. The first kappa shape index (κ1) is 21.9. The molecule has 0 saturated carbocycles. The minimum absolute atomic E-state index is 0.361. The van der Waals surface area contributed by atoms with E-state index in [0.717, 1.165) is 6.42 Å². The van der Waals surface area contributed by atoms with Crippen LogP contribution in [0.1, 0.15) is 105 Å².